The number of amides is 1. The van der Waals surface area contributed by atoms with Crippen LogP contribution in [0.4, 0.5) is 13.2 Å². The summed E-state index contributed by atoms with van der Waals surface area (Å²) in [5.41, 5.74) is 6.65. The Bertz CT molecular complexity index is 1540. The second kappa shape index (κ2) is 12.0. The summed E-state index contributed by atoms with van der Waals surface area (Å²) in [4.78, 5) is 15.7. The third kappa shape index (κ3) is 5.98. The van der Waals surface area contributed by atoms with Crippen LogP contribution in [0.2, 0.25) is 0 Å². The molecule has 0 spiro atoms. The molecule has 1 aliphatic carbocycles. The number of piperidine rings is 1. The molecule has 1 amide bonds. The Morgan fingerprint density at radius 3 is 1.95 bits per heavy atom. The van der Waals surface area contributed by atoms with Crippen molar-refractivity contribution in [2.75, 3.05) is 19.6 Å². The molecule has 0 bridgehead atoms. The number of unbranched alkanes of at least 4 members (excludes halogenated alkanes) is 1. The van der Waals surface area contributed by atoms with Crippen LogP contribution < -0.4 is 5.32 Å². The van der Waals surface area contributed by atoms with Gasteiger partial charge in [0.25, 0.3) is 5.91 Å². The molecule has 1 saturated heterocycles. The zero-order valence-corrected chi connectivity index (χ0v) is 24.5. The van der Waals surface area contributed by atoms with Gasteiger partial charge in [0, 0.05) is 30.1 Å². The highest BCUT2D eigenvalue weighted by Gasteiger charge is 2.38. The third-order valence-corrected chi connectivity index (χ3v) is 9.35. The van der Waals surface area contributed by atoms with Gasteiger partial charge in [-0.15, -0.1) is 0 Å². The number of hydrogen-bond donors (Lipinski definition) is 1. The lowest BCUT2D eigenvalue weighted by Gasteiger charge is -2.33. The summed E-state index contributed by atoms with van der Waals surface area (Å²) in [6.45, 7) is 5.32. The zero-order chi connectivity index (χ0) is 30.0. The molecule has 4 aromatic carbocycles. The summed E-state index contributed by atoms with van der Waals surface area (Å²) in [5.74, 6) is -0.181. The van der Waals surface area contributed by atoms with Gasteiger partial charge in [0.05, 0.1) is 5.56 Å². The molecule has 43 heavy (non-hydrogen) atoms. The van der Waals surface area contributed by atoms with Crippen LogP contribution in [0.3, 0.4) is 0 Å². The van der Waals surface area contributed by atoms with E-state index in [4.69, 9.17) is 0 Å². The number of nitrogens with zero attached hydrogens (tertiary/aromatic N) is 1. The lowest BCUT2D eigenvalue weighted by Crippen LogP contribution is -2.45. The van der Waals surface area contributed by atoms with Crippen molar-refractivity contribution in [2.45, 2.75) is 56.7 Å². The standard InChI is InChI=1S/C37H37F3N2O/c1-36(33-14-6-4-11-30(33)31-12-5-7-15-34(31)36)22-8-9-23-42-24-20-28(21-25-42)41-35(43)32-13-3-2-10-29(32)26-16-18-27(19-17-26)37(38,39)40/h2-7,10-19,28H,8-9,20-25H2,1H3,(H,41,43). The molecule has 4 aromatic rings. The predicted molar refractivity (Wildman–Crippen MR) is 166 cm³/mol. The summed E-state index contributed by atoms with van der Waals surface area (Å²) >= 11 is 0. The minimum absolute atomic E-state index is 0.0428. The van der Waals surface area contributed by atoms with Gasteiger partial charge < -0.3 is 10.2 Å². The first-order valence-corrected chi connectivity index (χ1v) is 15.2. The number of hydrogen-bond acceptors (Lipinski definition) is 2. The zero-order valence-electron chi connectivity index (χ0n) is 24.5. The van der Waals surface area contributed by atoms with Crippen LogP contribution in [0.15, 0.2) is 97.1 Å². The Morgan fingerprint density at radius 1 is 0.791 bits per heavy atom. The summed E-state index contributed by atoms with van der Waals surface area (Å²) in [7, 11) is 0. The Hall–Kier alpha value is -3.90. The number of fused-ring (bicyclic) bond motifs is 3. The number of alkyl halides is 3. The quantitative estimate of drug-likeness (QED) is 0.211. The van der Waals surface area contributed by atoms with E-state index in [1.165, 1.54) is 34.4 Å². The molecule has 1 N–H and O–H groups in total. The number of likely N-dealkylation sites (tertiary alicyclic amines) is 1. The smallest absolute Gasteiger partial charge is 0.349 e. The van der Waals surface area contributed by atoms with E-state index in [9.17, 15) is 18.0 Å². The third-order valence-electron chi connectivity index (χ3n) is 9.35. The van der Waals surface area contributed by atoms with Gasteiger partial charge in [-0.05, 0) is 83.8 Å². The van der Waals surface area contributed by atoms with Crippen LogP contribution in [0.25, 0.3) is 22.3 Å². The molecule has 3 nitrogen and oxygen atoms in total. The van der Waals surface area contributed by atoms with Crippen molar-refractivity contribution >= 4 is 5.91 Å². The van der Waals surface area contributed by atoms with Crippen LogP contribution in [0.1, 0.15) is 66.1 Å². The van der Waals surface area contributed by atoms with E-state index in [2.05, 4.69) is 65.7 Å². The lowest BCUT2D eigenvalue weighted by atomic mass is 9.76. The molecule has 0 atom stereocenters. The SMILES string of the molecule is CC1(CCCCN2CCC(NC(=O)c3ccccc3-c3ccc(C(F)(F)F)cc3)CC2)c2ccccc2-c2ccccc21. The van der Waals surface area contributed by atoms with Gasteiger partial charge in [-0.2, -0.15) is 13.2 Å². The van der Waals surface area contributed by atoms with E-state index in [0.717, 1.165) is 63.9 Å². The minimum atomic E-state index is -4.39. The van der Waals surface area contributed by atoms with E-state index >= 15 is 0 Å². The van der Waals surface area contributed by atoms with Crippen LogP contribution in [-0.4, -0.2) is 36.5 Å². The molecule has 0 radical (unpaired) electrons. The summed E-state index contributed by atoms with van der Waals surface area (Å²) in [6.07, 6.45) is 0.774. The van der Waals surface area contributed by atoms with Crippen molar-refractivity contribution in [3.63, 3.8) is 0 Å². The molecule has 0 aromatic heterocycles. The highest BCUT2D eigenvalue weighted by Crippen LogP contribution is 2.51. The van der Waals surface area contributed by atoms with Gasteiger partial charge in [0.1, 0.15) is 0 Å². The number of benzene rings is 4. The number of carbonyl (C=O) groups excluding carboxylic acids is 1. The molecular weight excluding hydrogens is 545 g/mol. The molecule has 1 heterocycles. The molecule has 1 fully saturated rings. The first kappa shape index (κ1) is 29.2. The first-order chi connectivity index (χ1) is 20.7. The number of rotatable bonds is 8. The topological polar surface area (TPSA) is 32.3 Å². The Morgan fingerprint density at radius 2 is 1.35 bits per heavy atom. The monoisotopic (exact) mass is 582 g/mol. The highest BCUT2D eigenvalue weighted by atomic mass is 19.4. The van der Waals surface area contributed by atoms with E-state index < -0.39 is 11.7 Å². The normalized spacial score (nSPS) is 16.5. The maximum absolute atomic E-state index is 13.3. The molecule has 0 saturated carbocycles. The Labute approximate surface area is 251 Å². The molecule has 6 rings (SSSR count). The number of halogens is 3. The van der Waals surface area contributed by atoms with E-state index in [1.54, 1.807) is 24.3 Å². The molecule has 0 unspecified atom stereocenters. The van der Waals surface area contributed by atoms with Gasteiger partial charge in [-0.3, -0.25) is 4.79 Å². The first-order valence-electron chi connectivity index (χ1n) is 15.2. The van der Waals surface area contributed by atoms with Crippen molar-refractivity contribution in [1.29, 1.82) is 0 Å². The van der Waals surface area contributed by atoms with Crippen LogP contribution in [0.5, 0.6) is 0 Å². The fourth-order valence-electron chi connectivity index (χ4n) is 6.96. The highest BCUT2D eigenvalue weighted by molar-refractivity contribution is 6.01. The molecular formula is C37H37F3N2O. The minimum Gasteiger partial charge on any atom is -0.349 e. The maximum atomic E-state index is 13.3. The van der Waals surface area contributed by atoms with Crippen molar-refractivity contribution in [3.8, 4) is 22.3 Å². The van der Waals surface area contributed by atoms with Crippen molar-refractivity contribution in [1.82, 2.24) is 10.2 Å². The number of carbonyl (C=O) groups is 1. The van der Waals surface area contributed by atoms with Gasteiger partial charge >= 0.3 is 6.18 Å². The Balaban J connectivity index is 0.998. The second-order valence-electron chi connectivity index (χ2n) is 12.1. The molecule has 222 valence electrons. The van der Waals surface area contributed by atoms with E-state index in [0.29, 0.717) is 16.7 Å². The summed E-state index contributed by atoms with van der Waals surface area (Å²) < 4.78 is 39.0. The fourth-order valence-corrected chi connectivity index (χ4v) is 6.96. The van der Waals surface area contributed by atoms with Gasteiger partial charge in [0.15, 0.2) is 0 Å². The predicted octanol–water partition coefficient (Wildman–Crippen LogP) is 8.72. The van der Waals surface area contributed by atoms with Crippen molar-refractivity contribution in [2.24, 2.45) is 0 Å². The van der Waals surface area contributed by atoms with Gasteiger partial charge in [0.2, 0.25) is 0 Å². The molecule has 1 aliphatic heterocycles. The van der Waals surface area contributed by atoms with Gasteiger partial charge in [-0.25, -0.2) is 0 Å². The maximum Gasteiger partial charge on any atom is 0.416 e. The van der Waals surface area contributed by atoms with E-state index in [-0.39, 0.29) is 17.4 Å². The van der Waals surface area contributed by atoms with Crippen molar-refractivity contribution in [3.05, 3.63) is 119 Å². The Kier molecular flexibility index (Phi) is 8.15. The van der Waals surface area contributed by atoms with Crippen LogP contribution in [0, 0.1) is 0 Å². The molecule has 6 heteroatoms. The van der Waals surface area contributed by atoms with Crippen molar-refractivity contribution < 1.29 is 18.0 Å². The number of nitrogens with one attached hydrogen (secondary N) is 1. The second-order valence-corrected chi connectivity index (χ2v) is 12.1. The van der Waals surface area contributed by atoms with Crippen LogP contribution in [-0.2, 0) is 11.6 Å². The lowest BCUT2D eigenvalue weighted by molar-refractivity contribution is -0.137. The van der Waals surface area contributed by atoms with E-state index in [1.807, 2.05) is 0 Å². The largest absolute Gasteiger partial charge is 0.416 e. The van der Waals surface area contributed by atoms with Crippen LogP contribution >= 0.6 is 0 Å². The molecule has 2 aliphatic rings. The van der Waals surface area contributed by atoms with Gasteiger partial charge in [-0.1, -0.05) is 92.2 Å². The summed E-state index contributed by atoms with van der Waals surface area (Å²) in [5, 5.41) is 3.18. The summed E-state index contributed by atoms with van der Waals surface area (Å²) in [6, 6.07) is 29.8. The average Bonchev–Trinajstić information content (AvgIpc) is 3.28. The average molecular weight is 583 g/mol. The fraction of sp³-hybridized carbons (Fsp3) is 0.324.